The summed E-state index contributed by atoms with van der Waals surface area (Å²) >= 11 is 1.32. The van der Waals surface area contributed by atoms with Gasteiger partial charge in [-0.2, -0.15) is 4.98 Å². The van der Waals surface area contributed by atoms with Crippen LogP contribution in [0.2, 0.25) is 0 Å². The van der Waals surface area contributed by atoms with Crippen molar-refractivity contribution in [2.45, 2.75) is 22.1 Å². The molecule has 164 valence electrons. The summed E-state index contributed by atoms with van der Waals surface area (Å²) in [6.07, 6.45) is -3.20. The van der Waals surface area contributed by atoms with E-state index in [1.54, 1.807) is 0 Å². The van der Waals surface area contributed by atoms with Crippen molar-refractivity contribution in [1.82, 2.24) is 9.55 Å². The van der Waals surface area contributed by atoms with Crippen LogP contribution in [-0.2, 0) is 9.53 Å². The van der Waals surface area contributed by atoms with Gasteiger partial charge >= 0.3 is 5.69 Å². The van der Waals surface area contributed by atoms with E-state index < -0.39 is 40.3 Å². The molecule has 0 aliphatic carbocycles. The lowest BCUT2D eigenvalue weighted by molar-refractivity contribution is -0.118. The normalized spacial score (nSPS) is 27.2. The molecule has 0 bridgehead atoms. The Morgan fingerprint density at radius 3 is 2.87 bits per heavy atom. The van der Waals surface area contributed by atoms with Crippen molar-refractivity contribution in [3.05, 3.63) is 46.5 Å². The second-order valence-corrected chi connectivity index (χ2v) is 8.49. The fourth-order valence-corrected chi connectivity index (χ4v) is 4.03. The minimum Gasteiger partial charge on any atom is -0.482 e. The highest BCUT2D eigenvalue weighted by Gasteiger charge is 2.56. The maximum absolute atomic E-state index is 14.9. The van der Waals surface area contributed by atoms with Gasteiger partial charge in [-0.05, 0) is 46.9 Å². The van der Waals surface area contributed by atoms with Gasteiger partial charge in [-0.3, -0.25) is 14.2 Å². The van der Waals surface area contributed by atoms with Crippen molar-refractivity contribution in [2.24, 2.45) is 0 Å². The third-order valence-corrected chi connectivity index (χ3v) is 5.93. The molecule has 11 nitrogen and oxygen atoms in total. The number of alkyl halides is 2. The van der Waals surface area contributed by atoms with Crippen LogP contribution < -0.4 is 21.1 Å². The summed E-state index contributed by atoms with van der Waals surface area (Å²) in [6.45, 7) is -0.795. The second kappa shape index (κ2) is 8.14. The number of nitrogens with zero attached hydrogens (tertiary/aromatic N) is 2. The molecule has 13 heteroatoms. The Bertz CT molecular complexity index is 1110. The van der Waals surface area contributed by atoms with Crippen molar-refractivity contribution < 1.29 is 33.7 Å². The fourth-order valence-electron chi connectivity index (χ4n) is 3.18. The number of hydrogen-bond donors (Lipinski definition) is 4. The Hall–Kier alpha value is -2.62. The Morgan fingerprint density at radius 1 is 1.42 bits per heavy atom. The highest BCUT2D eigenvalue weighted by atomic mass is 127. The molecule has 4 N–H and O–H groups in total. The maximum Gasteiger partial charge on any atom is 0.351 e. The number of halogens is 2. The first-order valence-corrected chi connectivity index (χ1v) is 10.1. The minimum atomic E-state index is -2.38. The van der Waals surface area contributed by atoms with E-state index in [1.807, 2.05) is 0 Å². The van der Waals surface area contributed by atoms with E-state index in [0.29, 0.717) is 11.4 Å². The summed E-state index contributed by atoms with van der Waals surface area (Å²) in [5.74, 6) is -0.655. The summed E-state index contributed by atoms with van der Waals surface area (Å²) in [7, 11) is 0. The van der Waals surface area contributed by atoms with Crippen LogP contribution in [-0.4, -0.2) is 60.7 Å². The van der Waals surface area contributed by atoms with Gasteiger partial charge in [0, 0.05) is 11.8 Å². The molecule has 1 saturated heterocycles. The molecule has 0 radical (unpaired) electrons. The molecule has 4 rings (SSSR count). The number of nitrogens with one attached hydrogen (secondary N) is 2. The highest BCUT2D eigenvalue weighted by molar-refractivity contribution is 14.1. The summed E-state index contributed by atoms with van der Waals surface area (Å²) in [5.41, 5.74) is -0.297. The second-order valence-electron chi connectivity index (χ2n) is 6.83. The largest absolute Gasteiger partial charge is 0.482 e. The van der Waals surface area contributed by atoms with Crippen LogP contribution in [0.1, 0.15) is 16.6 Å². The predicted molar refractivity (Wildman–Crippen MR) is 112 cm³/mol. The summed E-state index contributed by atoms with van der Waals surface area (Å²) in [6, 6.07) is 5.67. The third-order valence-electron chi connectivity index (χ3n) is 4.76. The molecular weight excluding hydrogens is 530 g/mol. The van der Waals surface area contributed by atoms with E-state index in [-0.39, 0.29) is 23.9 Å². The van der Waals surface area contributed by atoms with Gasteiger partial charge in [-0.15, -0.1) is 0 Å². The summed E-state index contributed by atoms with van der Waals surface area (Å²) < 4.78 is 23.9. The SMILES string of the molecule is O=C1COc2cc(C(=O)Nc3ccn(C4O[C@H](CO)[C@@H](O)C4(F)I)c(=O)n3)ccc2N1. The average Bonchev–Trinajstić information content (AvgIpc) is 2.96. The third kappa shape index (κ3) is 4.00. The molecule has 2 unspecified atom stereocenters. The molecule has 4 atom stereocenters. The number of aromatic nitrogens is 2. The van der Waals surface area contributed by atoms with Gasteiger partial charge in [-0.1, -0.05) is 0 Å². The first-order chi connectivity index (χ1) is 14.7. The fraction of sp³-hybridized carbons (Fsp3) is 0.333. The number of hydrogen-bond acceptors (Lipinski definition) is 8. The van der Waals surface area contributed by atoms with Gasteiger partial charge in [0.2, 0.25) is 3.68 Å². The molecule has 2 aromatic rings. The number of aliphatic hydroxyl groups is 2. The topological polar surface area (TPSA) is 152 Å². The van der Waals surface area contributed by atoms with Crippen LogP contribution in [0.4, 0.5) is 15.9 Å². The first kappa shape index (κ1) is 21.6. The van der Waals surface area contributed by atoms with E-state index >= 15 is 0 Å². The molecule has 31 heavy (non-hydrogen) atoms. The molecular formula is C18H16FIN4O7. The van der Waals surface area contributed by atoms with Crippen molar-refractivity contribution in [3.8, 4) is 5.75 Å². The number of fused-ring (bicyclic) bond motifs is 1. The number of aliphatic hydroxyl groups excluding tert-OH is 2. The Labute approximate surface area is 187 Å². The number of anilines is 2. The van der Waals surface area contributed by atoms with Crippen molar-refractivity contribution >= 4 is 45.9 Å². The van der Waals surface area contributed by atoms with Gasteiger partial charge in [0.15, 0.2) is 12.8 Å². The van der Waals surface area contributed by atoms with E-state index in [1.165, 1.54) is 53.1 Å². The molecule has 0 spiro atoms. The zero-order valence-electron chi connectivity index (χ0n) is 15.6. The quantitative estimate of drug-likeness (QED) is 0.313. The van der Waals surface area contributed by atoms with Gasteiger partial charge in [0.25, 0.3) is 11.8 Å². The van der Waals surface area contributed by atoms with Gasteiger partial charge in [0.1, 0.15) is 23.8 Å². The van der Waals surface area contributed by atoms with Gasteiger partial charge < -0.3 is 30.3 Å². The summed E-state index contributed by atoms with van der Waals surface area (Å²) in [5, 5.41) is 24.2. The monoisotopic (exact) mass is 546 g/mol. The van der Waals surface area contributed by atoms with Crippen molar-refractivity contribution in [1.29, 1.82) is 0 Å². The molecule has 2 aliphatic heterocycles. The van der Waals surface area contributed by atoms with Crippen LogP contribution in [0.25, 0.3) is 0 Å². The zero-order chi connectivity index (χ0) is 22.3. The molecule has 2 amide bonds. The Balaban J connectivity index is 1.52. The van der Waals surface area contributed by atoms with Crippen molar-refractivity contribution in [2.75, 3.05) is 23.8 Å². The first-order valence-electron chi connectivity index (χ1n) is 9.00. The van der Waals surface area contributed by atoms with E-state index in [2.05, 4.69) is 15.6 Å². The molecule has 1 aromatic heterocycles. The van der Waals surface area contributed by atoms with E-state index in [9.17, 15) is 29.0 Å². The Morgan fingerprint density at radius 2 is 2.19 bits per heavy atom. The molecule has 3 heterocycles. The standard InChI is InChI=1S/C18H16FIN4O7/c19-18(20)14(27)11(6-25)31-16(18)24-4-3-12(23-17(24)29)22-15(28)8-1-2-9-10(5-8)30-7-13(26)21-9/h1-5,11,14,16,25,27H,6-7H2,(H,21,26)(H,22,23,28,29)/t11-,14-,16?,18?/m1/s1. The molecule has 0 saturated carbocycles. The number of carbonyl (C=O) groups excluding carboxylic acids is 2. The van der Waals surface area contributed by atoms with Crippen molar-refractivity contribution in [3.63, 3.8) is 0 Å². The lowest BCUT2D eigenvalue weighted by Gasteiger charge is -2.23. The number of benzene rings is 1. The minimum absolute atomic E-state index is 0.0895. The number of amides is 2. The maximum atomic E-state index is 14.9. The molecule has 1 fully saturated rings. The lowest BCUT2D eigenvalue weighted by atomic mass is 10.1. The smallest absolute Gasteiger partial charge is 0.351 e. The number of rotatable bonds is 4. The predicted octanol–water partition coefficient (Wildman–Crippen LogP) is 0.178. The lowest BCUT2D eigenvalue weighted by Crippen LogP contribution is -2.40. The van der Waals surface area contributed by atoms with Crippen LogP contribution >= 0.6 is 22.6 Å². The van der Waals surface area contributed by atoms with Gasteiger partial charge in [-0.25, -0.2) is 9.18 Å². The summed E-state index contributed by atoms with van der Waals surface area (Å²) in [4.78, 5) is 39.9. The van der Waals surface area contributed by atoms with Crippen LogP contribution in [0.3, 0.4) is 0 Å². The van der Waals surface area contributed by atoms with E-state index in [0.717, 1.165) is 4.57 Å². The van der Waals surface area contributed by atoms with Gasteiger partial charge in [0.05, 0.1) is 12.3 Å². The van der Waals surface area contributed by atoms with Crippen LogP contribution in [0.5, 0.6) is 5.75 Å². The highest BCUT2D eigenvalue weighted by Crippen LogP contribution is 2.45. The molecule has 1 aromatic carbocycles. The Kier molecular flexibility index (Phi) is 5.67. The van der Waals surface area contributed by atoms with Crippen LogP contribution in [0.15, 0.2) is 35.3 Å². The average molecular weight is 546 g/mol. The zero-order valence-corrected chi connectivity index (χ0v) is 17.8. The van der Waals surface area contributed by atoms with Crippen LogP contribution in [0, 0.1) is 0 Å². The van der Waals surface area contributed by atoms with E-state index in [4.69, 9.17) is 9.47 Å². The number of ether oxygens (including phenoxy) is 2. The molecule has 2 aliphatic rings. The number of carbonyl (C=O) groups is 2.